The molecule has 0 bridgehead atoms. The van der Waals surface area contributed by atoms with Crippen LogP contribution in [0.4, 0.5) is 0 Å². The molecule has 0 fully saturated rings. The highest BCUT2D eigenvalue weighted by atomic mass is 15.3. The van der Waals surface area contributed by atoms with Crippen LogP contribution in [0.1, 0.15) is 50.7 Å². The molecule has 0 radical (unpaired) electrons. The van der Waals surface area contributed by atoms with Crippen molar-refractivity contribution in [2.24, 2.45) is 0 Å². The van der Waals surface area contributed by atoms with Gasteiger partial charge in [0.2, 0.25) is 0 Å². The van der Waals surface area contributed by atoms with E-state index in [1.165, 1.54) is 17.0 Å². The summed E-state index contributed by atoms with van der Waals surface area (Å²) >= 11 is 0. The Morgan fingerprint density at radius 3 is 2.23 bits per heavy atom. The first kappa shape index (κ1) is 10.3. The van der Waals surface area contributed by atoms with Gasteiger partial charge in [-0.15, -0.1) is 0 Å². The van der Waals surface area contributed by atoms with E-state index in [9.17, 15) is 0 Å². The molecule has 0 aliphatic carbocycles. The lowest BCUT2D eigenvalue weighted by Crippen LogP contribution is -2.07. The van der Waals surface area contributed by atoms with Crippen LogP contribution in [0.2, 0.25) is 0 Å². The van der Waals surface area contributed by atoms with Crippen molar-refractivity contribution >= 4 is 0 Å². The van der Waals surface area contributed by atoms with Crippen molar-refractivity contribution in [2.45, 2.75) is 53.5 Å². The van der Waals surface area contributed by atoms with Crippen molar-refractivity contribution in [1.29, 1.82) is 0 Å². The first-order chi connectivity index (χ1) is 6.11. The Morgan fingerprint density at radius 2 is 1.85 bits per heavy atom. The van der Waals surface area contributed by atoms with Crippen LogP contribution >= 0.6 is 0 Å². The van der Waals surface area contributed by atoms with E-state index in [1.54, 1.807) is 0 Å². The molecule has 0 atom stereocenters. The molecular weight excluding hydrogens is 160 g/mol. The van der Waals surface area contributed by atoms with Gasteiger partial charge in [0.1, 0.15) is 0 Å². The lowest BCUT2D eigenvalue weighted by atomic mass is 10.1. The molecule has 1 rings (SSSR count). The molecule has 0 aliphatic rings. The van der Waals surface area contributed by atoms with Gasteiger partial charge in [0.25, 0.3) is 0 Å². The van der Waals surface area contributed by atoms with E-state index >= 15 is 0 Å². The van der Waals surface area contributed by atoms with Gasteiger partial charge in [-0.05, 0) is 39.2 Å². The molecule has 0 saturated carbocycles. The molecule has 0 aliphatic heterocycles. The molecule has 0 unspecified atom stereocenters. The van der Waals surface area contributed by atoms with Crippen LogP contribution in [0.3, 0.4) is 0 Å². The van der Waals surface area contributed by atoms with Crippen LogP contribution in [-0.2, 0) is 12.8 Å². The minimum atomic E-state index is 0.481. The Balaban J connectivity index is 3.21. The second-order valence-electron chi connectivity index (χ2n) is 3.76. The second kappa shape index (κ2) is 3.95. The van der Waals surface area contributed by atoms with E-state index in [-0.39, 0.29) is 0 Å². The van der Waals surface area contributed by atoms with E-state index in [0.717, 1.165) is 12.8 Å². The molecule has 1 aromatic heterocycles. The third-order valence-electron chi connectivity index (χ3n) is 2.50. The van der Waals surface area contributed by atoms with E-state index in [0.29, 0.717) is 6.04 Å². The van der Waals surface area contributed by atoms with Gasteiger partial charge in [-0.1, -0.05) is 13.8 Å². The van der Waals surface area contributed by atoms with Crippen molar-refractivity contribution < 1.29 is 0 Å². The number of aryl methyl sites for hydroxylation is 1. The van der Waals surface area contributed by atoms with Crippen molar-refractivity contribution in [1.82, 2.24) is 9.78 Å². The zero-order valence-corrected chi connectivity index (χ0v) is 9.39. The Kier molecular flexibility index (Phi) is 3.12. The van der Waals surface area contributed by atoms with Gasteiger partial charge < -0.3 is 0 Å². The summed E-state index contributed by atoms with van der Waals surface area (Å²) in [5, 5.41) is 4.57. The van der Waals surface area contributed by atoms with Crippen LogP contribution < -0.4 is 0 Å². The molecule has 2 nitrogen and oxygen atoms in total. The van der Waals surface area contributed by atoms with Crippen LogP contribution in [0, 0.1) is 6.92 Å². The Morgan fingerprint density at radius 1 is 1.23 bits per heavy atom. The summed E-state index contributed by atoms with van der Waals surface area (Å²) in [6, 6.07) is 0.481. The molecule has 13 heavy (non-hydrogen) atoms. The van der Waals surface area contributed by atoms with Crippen LogP contribution in [0.25, 0.3) is 0 Å². The maximum Gasteiger partial charge on any atom is 0.0628 e. The first-order valence-electron chi connectivity index (χ1n) is 5.18. The zero-order valence-electron chi connectivity index (χ0n) is 9.39. The van der Waals surface area contributed by atoms with Crippen molar-refractivity contribution in [3.05, 3.63) is 17.0 Å². The molecule has 0 spiro atoms. The molecule has 0 saturated heterocycles. The van der Waals surface area contributed by atoms with E-state index < -0.39 is 0 Å². The van der Waals surface area contributed by atoms with Gasteiger partial charge >= 0.3 is 0 Å². The maximum atomic E-state index is 4.57. The predicted molar refractivity (Wildman–Crippen MR) is 56.1 cm³/mol. The minimum Gasteiger partial charge on any atom is -0.267 e. The minimum absolute atomic E-state index is 0.481. The highest BCUT2D eigenvalue weighted by molar-refractivity contribution is 5.25. The average molecular weight is 180 g/mol. The normalized spacial score (nSPS) is 11.2. The first-order valence-corrected chi connectivity index (χ1v) is 5.18. The van der Waals surface area contributed by atoms with E-state index in [4.69, 9.17) is 0 Å². The number of aromatic nitrogens is 2. The smallest absolute Gasteiger partial charge is 0.0628 e. The molecule has 2 heteroatoms. The topological polar surface area (TPSA) is 17.8 Å². The Hall–Kier alpha value is -0.790. The SMILES string of the molecule is CCc1c(C)nn(C(C)C)c1CC. The van der Waals surface area contributed by atoms with Gasteiger partial charge in [-0.3, -0.25) is 4.68 Å². The average Bonchev–Trinajstić information content (AvgIpc) is 2.41. The monoisotopic (exact) mass is 180 g/mol. The molecular formula is C11H20N2. The van der Waals surface area contributed by atoms with Crippen molar-refractivity contribution in [2.75, 3.05) is 0 Å². The summed E-state index contributed by atoms with van der Waals surface area (Å²) in [4.78, 5) is 0. The summed E-state index contributed by atoms with van der Waals surface area (Å²) in [5.41, 5.74) is 4.05. The zero-order chi connectivity index (χ0) is 10.0. The molecule has 1 heterocycles. The summed E-state index contributed by atoms with van der Waals surface area (Å²) in [6.07, 6.45) is 2.18. The quantitative estimate of drug-likeness (QED) is 0.699. The lowest BCUT2D eigenvalue weighted by molar-refractivity contribution is 0.508. The highest BCUT2D eigenvalue weighted by Crippen LogP contribution is 2.18. The van der Waals surface area contributed by atoms with Gasteiger partial charge in [-0.25, -0.2) is 0 Å². The van der Waals surface area contributed by atoms with Crippen molar-refractivity contribution in [3.8, 4) is 0 Å². The van der Waals surface area contributed by atoms with Gasteiger partial charge in [-0.2, -0.15) is 5.10 Å². The number of rotatable bonds is 3. The maximum absolute atomic E-state index is 4.57. The van der Waals surface area contributed by atoms with Crippen LogP contribution in [-0.4, -0.2) is 9.78 Å². The van der Waals surface area contributed by atoms with Gasteiger partial charge in [0.15, 0.2) is 0 Å². The van der Waals surface area contributed by atoms with Crippen molar-refractivity contribution in [3.63, 3.8) is 0 Å². The lowest BCUT2D eigenvalue weighted by Gasteiger charge is -2.10. The Bertz CT molecular complexity index is 285. The third kappa shape index (κ3) is 1.77. The fraction of sp³-hybridized carbons (Fsp3) is 0.727. The fourth-order valence-corrected chi connectivity index (χ4v) is 1.89. The highest BCUT2D eigenvalue weighted by Gasteiger charge is 2.13. The summed E-state index contributed by atoms with van der Waals surface area (Å²) in [7, 11) is 0. The summed E-state index contributed by atoms with van der Waals surface area (Å²) < 4.78 is 2.16. The molecule has 1 aromatic rings. The number of hydrogen-bond acceptors (Lipinski definition) is 1. The van der Waals surface area contributed by atoms with Crippen LogP contribution in [0.15, 0.2) is 0 Å². The number of nitrogens with zero attached hydrogens (tertiary/aromatic N) is 2. The van der Waals surface area contributed by atoms with Gasteiger partial charge in [0, 0.05) is 11.7 Å². The summed E-state index contributed by atoms with van der Waals surface area (Å²) in [6.45, 7) is 10.9. The molecule has 0 amide bonds. The standard InChI is InChI=1S/C11H20N2/c1-6-10-9(5)12-13(8(3)4)11(10)7-2/h8H,6-7H2,1-5H3. The molecule has 0 aromatic carbocycles. The second-order valence-corrected chi connectivity index (χ2v) is 3.76. The van der Waals surface area contributed by atoms with Crippen LogP contribution in [0.5, 0.6) is 0 Å². The van der Waals surface area contributed by atoms with E-state index in [1.807, 2.05) is 0 Å². The largest absolute Gasteiger partial charge is 0.267 e. The number of hydrogen-bond donors (Lipinski definition) is 0. The predicted octanol–water partition coefficient (Wildman–Crippen LogP) is 2.90. The fourth-order valence-electron chi connectivity index (χ4n) is 1.89. The molecule has 74 valence electrons. The Labute approximate surface area is 81.0 Å². The third-order valence-corrected chi connectivity index (χ3v) is 2.50. The molecule has 0 N–H and O–H groups in total. The van der Waals surface area contributed by atoms with Gasteiger partial charge in [0.05, 0.1) is 5.69 Å². The summed E-state index contributed by atoms with van der Waals surface area (Å²) in [5.74, 6) is 0. The van der Waals surface area contributed by atoms with E-state index in [2.05, 4.69) is 44.4 Å².